The summed E-state index contributed by atoms with van der Waals surface area (Å²) in [4.78, 5) is 24.4. The molecule has 0 N–H and O–H groups in total. The highest BCUT2D eigenvalue weighted by atomic mass is 16.7. The van der Waals surface area contributed by atoms with Gasteiger partial charge in [-0.1, -0.05) is 6.07 Å². The lowest BCUT2D eigenvalue weighted by molar-refractivity contribution is -0.136. The van der Waals surface area contributed by atoms with E-state index >= 15 is 0 Å². The maximum Gasteiger partial charge on any atom is 0.331 e. The number of carbonyl (C=O) groups excluding carboxylic acids is 2. The molecule has 0 saturated heterocycles. The molecular weight excluding hydrogens is 344 g/mol. The fourth-order valence-corrected chi connectivity index (χ4v) is 2.95. The predicted molar refractivity (Wildman–Crippen MR) is 102 cm³/mol. The molecule has 1 aliphatic heterocycles. The van der Waals surface area contributed by atoms with Gasteiger partial charge in [-0.15, -0.1) is 0 Å². The van der Waals surface area contributed by atoms with Crippen LogP contribution in [0.1, 0.15) is 38.2 Å². The Morgan fingerprint density at radius 1 is 1.00 bits per heavy atom. The molecule has 0 bridgehead atoms. The third-order valence-corrected chi connectivity index (χ3v) is 4.94. The summed E-state index contributed by atoms with van der Waals surface area (Å²) in [6.45, 7) is 7.83. The largest absolute Gasteiger partial charge is 0.454 e. The zero-order valence-corrected chi connectivity index (χ0v) is 15.9. The lowest BCUT2D eigenvalue weighted by Crippen LogP contribution is -2.15. The number of ketones is 1. The second kappa shape index (κ2) is 7.66. The van der Waals surface area contributed by atoms with Crippen molar-refractivity contribution in [3.63, 3.8) is 0 Å². The zero-order chi connectivity index (χ0) is 19.6. The first-order valence-electron chi connectivity index (χ1n) is 8.72. The number of ether oxygens (including phenoxy) is 3. The molecule has 0 fully saturated rings. The van der Waals surface area contributed by atoms with E-state index in [4.69, 9.17) is 14.2 Å². The van der Waals surface area contributed by atoms with E-state index in [2.05, 4.69) is 0 Å². The molecule has 0 aliphatic carbocycles. The van der Waals surface area contributed by atoms with Crippen LogP contribution in [-0.2, 0) is 9.53 Å². The summed E-state index contributed by atoms with van der Waals surface area (Å²) in [6.07, 6.45) is 2.91. The minimum absolute atomic E-state index is 0.198. The molecule has 0 saturated carbocycles. The van der Waals surface area contributed by atoms with Crippen LogP contribution in [0.25, 0.3) is 6.08 Å². The smallest absolute Gasteiger partial charge is 0.331 e. The van der Waals surface area contributed by atoms with Crippen LogP contribution in [0.3, 0.4) is 0 Å². The number of fused-ring (bicyclic) bond motifs is 1. The van der Waals surface area contributed by atoms with Crippen molar-refractivity contribution in [2.75, 3.05) is 13.4 Å². The van der Waals surface area contributed by atoms with E-state index in [-0.39, 0.29) is 19.2 Å². The highest BCUT2D eigenvalue weighted by molar-refractivity contribution is 6.00. The topological polar surface area (TPSA) is 61.8 Å². The first-order valence-corrected chi connectivity index (χ1v) is 8.72. The molecule has 5 heteroatoms. The van der Waals surface area contributed by atoms with E-state index < -0.39 is 5.97 Å². The first-order chi connectivity index (χ1) is 12.9. The number of benzene rings is 2. The lowest BCUT2D eigenvalue weighted by atomic mass is 9.93. The number of aryl methyl sites for hydroxylation is 1. The molecule has 140 valence electrons. The number of rotatable bonds is 5. The maximum atomic E-state index is 12.5. The van der Waals surface area contributed by atoms with Crippen LogP contribution in [0.5, 0.6) is 11.5 Å². The number of Topliss-reactive ketones (excluding diaryl/α,β-unsaturated/α-hetero) is 1. The standard InChI is InChI=1S/C22H22O5/c1-13-9-18(16(4)15(3)14(13)2)19(23)11-25-22(24)8-6-17-5-7-20-21(10-17)27-12-26-20/h5-10H,11-12H2,1-4H3/b8-6+. The Hall–Kier alpha value is -3.08. The van der Waals surface area contributed by atoms with Crippen LogP contribution in [0.2, 0.25) is 0 Å². The molecule has 2 aromatic carbocycles. The number of esters is 1. The highest BCUT2D eigenvalue weighted by Crippen LogP contribution is 2.32. The van der Waals surface area contributed by atoms with Crippen LogP contribution < -0.4 is 9.47 Å². The predicted octanol–water partition coefficient (Wildman–Crippen LogP) is 4.09. The Bertz CT molecular complexity index is 940. The monoisotopic (exact) mass is 366 g/mol. The van der Waals surface area contributed by atoms with Gasteiger partial charge in [0.1, 0.15) is 0 Å². The Kier molecular flexibility index (Phi) is 5.31. The molecule has 2 aromatic rings. The fourth-order valence-electron chi connectivity index (χ4n) is 2.95. The molecule has 0 spiro atoms. The van der Waals surface area contributed by atoms with Crippen LogP contribution in [0.4, 0.5) is 0 Å². The molecule has 0 atom stereocenters. The molecule has 1 aliphatic rings. The third-order valence-electron chi connectivity index (χ3n) is 4.94. The normalized spacial score (nSPS) is 12.4. The SMILES string of the molecule is Cc1cc(C(=O)COC(=O)/C=C/c2ccc3c(c2)OCO3)c(C)c(C)c1C. The van der Waals surface area contributed by atoms with Gasteiger partial charge in [-0.05, 0) is 79.8 Å². The van der Waals surface area contributed by atoms with Gasteiger partial charge in [0.25, 0.3) is 0 Å². The van der Waals surface area contributed by atoms with Crippen molar-refractivity contribution in [2.45, 2.75) is 27.7 Å². The van der Waals surface area contributed by atoms with E-state index in [1.54, 1.807) is 18.2 Å². The molecule has 27 heavy (non-hydrogen) atoms. The number of carbonyl (C=O) groups is 2. The van der Waals surface area contributed by atoms with Gasteiger partial charge in [0, 0.05) is 11.6 Å². The fraction of sp³-hybridized carbons (Fsp3) is 0.273. The molecule has 5 nitrogen and oxygen atoms in total. The van der Waals surface area contributed by atoms with Gasteiger partial charge < -0.3 is 14.2 Å². The van der Waals surface area contributed by atoms with E-state index in [9.17, 15) is 9.59 Å². The summed E-state index contributed by atoms with van der Waals surface area (Å²) < 4.78 is 15.6. The average Bonchev–Trinajstić information content (AvgIpc) is 3.13. The van der Waals surface area contributed by atoms with Crippen molar-refractivity contribution in [3.05, 3.63) is 63.7 Å². The summed E-state index contributed by atoms with van der Waals surface area (Å²) in [5.74, 6) is 0.545. The molecule has 1 heterocycles. The number of hydrogen-bond donors (Lipinski definition) is 0. The summed E-state index contributed by atoms with van der Waals surface area (Å²) in [6, 6.07) is 7.22. The van der Waals surface area contributed by atoms with Gasteiger partial charge in [0.2, 0.25) is 12.6 Å². The quantitative estimate of drug-likeness (QED) is 0.453. The molecule has 0 amide bonds. The Morgan fingerprint density at radius 2 is 1.74 bits per heavy atom. The Morgan fingerprint density at radius 3 is 2.52 bits per heavy atom. The molecule has 0 aromatic heterocycles. The zero-order valence-electron chi connectivity index (χ0n) is 15.9. The van der Waals surface area contributed by atoms with Crippen LogP contribution in [-0.4, -0.2) is 25.2 Å². The Labute approximate surface area is 158 Å². The van der Waals surface area contributed by atoms with E-state index in [1.807, 2.05) is 39.8 Å². The average molecular weight is 366 g/mol. The first kappa shape index (κ1) is 18.7. The molecule has 3 rings (SSSR count). The van der Waals surface area contributed by atoms with Gasteiger partial charge in [-0.2, -0.15) is 0 Å². The summed E-state index contributed by atoms with van der Waals surface area (Å²) in [5.41, 5.74) is 5.62. The van der Waals surface area contributed by atoms with Gasteiger partial charge in [0.05, 0.1) is 0 Å². The van der Waals surface area contributed by atoms with Gasteiger partial charge in [-0.25, -0.2) is 4.79 Å². The van der Waals surface area contributed by atoms with E-state index in [0.717, 1.165) is 22.3 Å². The van der Waals surface area contributed by atoms with Crippen LogP contribution >= 0.6 is 0 Å². The van der Waals surface area contributed by atoms with Crippen molar-refractivity contribution >= 4 is 17.8 Å². The van der Waals surface area contributed by atoms with Crippen molar-refractivity contribution in [3.8, 4) is 11.5 Å². The van der Waals surface area contributed by atoms with Gasteiger partial charge in [0.15, 0.2) is 18.1 Å². The second-order valence-electron chi connectivity index (χ2n) is 6.59. The highest BCUT2D eigenvalue weighted by Gasteiger charge is 2.15. The van der Waals surface area contributed by atoms with Crippen LogP contribution in [0.15, 0.2) is 30.3 Å². The van der Waals surface area contributed by atoms with Crippen molar-refractivity contribution in [2.24, 2.45) is 0 Å². The summed E-state index contributed by atoms with van der Waals surface area (Å²) in [5, 5.41) is 0. The Balaban J connectivity index is 1.61. The molecule has 0 unspecified atom stereocenters. The van der Waals surface area contributed by atoms with Gasteiger partial charge in [-0.3, -0.25) is 4.79 Å². The van der Waals surface area contributed by atoms with Crippen molar-refractivity contribution in [1.29, 1.82) is 0 Å². The van der Waals surface area contributed by atoms with E-state index in [0.29, 0.717) is 17.1 Å². The third kappa shape index (κ3) is 4.03. The minimum atomic E-state index is -0.570. The minimum Gasteiger partial charge on any atom is -0.454 e. The molecule has 0 radical (unpaired) electrons. The van der Waals surface area contributed by atoms with Crippen molar-refractivity contribution < 1.29 is 23.8 Å². The summed E-state index contributed by atoms with van der Waals surface area (Å²) >= 11 is 0. The van der Waals surface area contributed by atoms with Gasteiger partial charge >= 0.3 is 5.97 Å². The molecular formula is C22H22O5. The van der Waals surface area contributed by atoms with Crippen molar-refractivity contribution in [1.82, 2.24) is 0 Å². The van der Waals surface area contributed by atoms with E-state index in [1.165, 1.54) is 11.6 Å². The maximum absolute atomic E-state index is 12.5. The summed E-state index contributed by atoms with van der Waals surface area (Å²) in [7, 11) is 0. The second-order valence-corrected chi connectivity index (χ2v) is 6.59. The van der Waals surface area contributed by atoms with Crippen LogP contribution in [0, 0.1) is 27.7 Å². The number of hydrogen-bond acceptors (Lipinski definition) is 5. The lowest BCUT2D eigenvalue weighted by Gasteiger charge is -2.13.